The number of carbonyl (C=O) groups excluding carboxylic acids is 3. The Morgan fingerprint density at radius 1 is 0.786 bits per heavy atom. The van der Waals surface area contributed by atoms with Crippen LogP contribution < -0.4 is 0 Å². The molecule has 3 amide bonds. The lowest BCUT2D eigenvalue weighted by Gasteiger charge is -2.11. The third-order valence-electron chi connectivity index (χ3n) is 5.15. The van der Waals surface area contributed by atoms with E-state index in [9.17, 15) is 24.6 Å². The molecule has 160 valence electrons. The summed E-state index contributed by atoms with van der Waals surface area (Å²) in [5.41, 5.74) is 0. The molecule has 1 rings (SSSR count). The lowest BCUT2D eigenvalue weighted by Crippen LogP contribution is -2.37. The van der Waals surface area contributed by atoms with E-state index in [4.69, 9.17) is 0 Å². The van der Waals surface area contributed by atoms with E-state index in [2.05, 4.69) is 19.1 Å². The van der Waals surface area contributed by atoms with Gasteiger partial charge in [-0.05, 0) is 32.1 Å². The average Bonchev–Trinajstić information content (AvgIpc) is 2.87. The van der Waals surface area contributed by atoms with Crippen LogP contribution in [-0.4, -0.2) is 45.0 Å². The van der Waals surface area contributed by atoms with E-state index < -0.39 is 29.9 Å². The van der Waals surface area contributed by atoms with Gasteiger partial charge >= 0.3 is 0 Å². The standard InChI is InChI=1S/C22H37NO5/c1-2-3-4-5-6-7-8-9-10-11-12-13-14-15-16-17-18(24)23-21(27)19(25)20(26)22(23)28/h9-10,19-20,25-26H,2-8,11-17H2,1H3. The smallest absolute Gasteiger partial charge is 0.268 e. The molecule has 0 aliphatic carbocycles. The van der Waals surface area contributed by atoms with E-state index in [1.807, 2.05) is 0 Å². The highest BCUT2D eigenvalue weighted by Gasteiger charge is 2.48. The van der Waals surface area contributed by atoms with Gasteiger partial charge in [-0.15, -0.1) is 0 Å². The molecule has 28 heavy (non-hydrogen) atoms. The van der Waals surface area contributed by atoms with Crippen molar-refractivity contribution in [3.05, 3.63) is 12.2 Å². The van der Waals surface area contributed by atoms with E-state index in [0.717, 1.165) is 32.1 Å². The molecule has 1 fully saturated rings. The summed E-state index contributed by atoms with van der Waals surface area (Å²) in [7, 11) is 0. The zero-order valence-corrected chi connectivity index (χ0v) is 17.3. The van der Waals surface area contributed by atoms with E-state index >= 15 is 0 Å². The van der Waals surface area contributed by atoms with Gasteiger partial charge in [0.1, 0.15) is 0 Å². The Morgan fingerprint density at radius 2 is 1.21 bits per heavy atom. The minimum atomic E-state index is -1.81. The Bertz CT molecular complexity index is 497. The highest BCUT2D eigenvalue weighted by Crippen LogP contribution is 2.17. The zero-order chi connectivity index (χ0) is 20.8. The number of hydrogen-bond acceptors (Lipinski definition) is 5. The van der Waals surface area contributed by atoms with E-state index in [-0.39, 0.29) is 6.42 Å². The fourth-order valence-electron chi connectivity index (χ4n) is 3.35. The number of allylic oxidation sites excluding steroid dienone is 2. The quantitative estimate of drug-likeness (QED) is 0.251. The van der Waals surface area contributed by atoms with Gasteiger partial charge in [0.15, 0.2) is 12.2 Å². The van der Waals surface area contributed by atoms with E-state index in [0.29, 0.717) is 11.3 Å². The van der Waals surface area contributed by atoms with Crippen molar-refractivity contribution in [3.63, 3.8) is 0 Å². The van der Waals surface area contributed by atoms with Crippen LogP contribution in [0.25, 0.3) is 0 Å². The van der Waals surface area contributed by atoms with Crippen LogP contribution in [0.5, 0.6) is 0 Å². The maximum Gasteiger partial charge on any atom is 0.268 e. The van der Waals surface area contributed by atoms with Crippen LogP contribution in [0.4, 0.5) is 0 Å². The topological polar surface area (TPSA) is 94.9 Å². The largest absolute Gasteiger partial charge is 0.380 e. The number of aliphatic hydroxyl groups is 2. The summed E-state index contributed by atoms with van der Waals surface area (Å²) in [4.78, 5) is 35.5. The molecule has 2 atom stereocenters. The van der Waals surface area contributed by atoms with Gasteiger partial charge < -0.3 is 10.2 Å². The second-order valence-corrected chi connectivity index (χ2v) is 7.63. The molecular weight excluding hydrogens is 358 g/mol. The lowest BCUT2D eigenvalue weighted by molar-refractivity contribution is -0.151. The Kier molecular flexibility index (Phi) is 12.7. The monoisotopic (exact) mass is 395 g/mol. The van der Waals surface area contributed by atoms with Crippen molar-refractivity contribution >= 4 is 17.7 Å². The van der Waals surface area contributed by atoms with Gasteiger partial charge in [-0.25, -0.2) is 4.90 Å². The van der Waals surface area contributed by atoms with Crippen molar-refractivity contribution in [2.24, 2.45) is 0 Å². The minimum absolute atomic E-state index is 0.0785. The number of likely N-dealkylation sites (tertiary alicyclic amines) is 1. The molecule has 0 spiro atoms. The van der Waals surface area contributed by atoms with Gasteiger partial charge in [0.05, 0.1) is 0 Å². The van der Waals surface area contributed by atoms with Gasteiger partial charge in [0, 0.05) is 6.42 Å². The van der Waals surface area contributed by atoms with Crippen LogP contribution in [0.1, 0.15) is 96.8 Å². The van der Waals surface area contributed by atoms with Gasteiger partial charge in [-0.2, -0.15) is 0 Å². The average molecular weight is 396 g/mol. The molecular formula is C22H37NO5. The van der Waals surface area contributed by atoms with Crippen molar-refractivity contribution < 1.29 is 24.6 Å². The molecule has 0 saturated carbocycles. The molecule has 0 radical (unpaired) electrons. The first-order valence-electron chi connectivity index (χ1n) is 10.9. The maximum absolute atomic E-state index is 11.9. The normalized spacial score (nSPS) is 19.9. The number of hydrogen-bond donors (Lipinski definition) is 2. The van der Waals surface area contributed by atoms with Crippen molar-refractivity contribution in [2.45, 2.75) is 109 Å². The predicted molar refractivity (Wildman–Crippen MR) is 108 cm³/mol. The van der Waals surface area contributed by atoms with Gasteiger partial charge in [-0.3, -0.25) is 14.4 Å². The summed E-state index contributed by atoms with van der Waals surface area (Å²) in [6.45, 7) is 2.24. The van der Waals surface area contributed by atoms with Crippen LogP contribution in [0.2, 0.25) is 0 Å². The SMILES string of the molecule is CCCCCCCCC=CCCCCCCCC(=O)N1C(=O)C(O)C(O)C1=O. The van der Waals surface area contributed by atoms with Gasteiger partial charge in [0.2, 0.25) is 5.91 Å². The second kappa shape index (κ2) is 14.5. The second-order valence-electron chi connectivity index (χ2n) is 7.63. The number of carbonyl (C=O) groups is 3. The fraction of sp³-hybridized carbons (Fsp3) is 0.773. The summed E-state index contributed by atoms with van der Waals surface area (Å²) in [6.07, 6.45) is 15.9. The Balaban J connectivity index is 1.96. The molecule has 0 aromatic heterocycles. The lowest BCUT2D eigenvalue weighted by atomic mass is 10.1. The number of rotatable bonds is 15. The number of amides is 3. The first kappa shape index (κ1) is 24.5. The third kappa shape index (κ3) is 8.65. The summed E-state index contributed by atoms with van der Waals surface area (Å²) >= 11 is 0. The first-order chi connectivity index (χ1) is 13.5. The molecule has 0 aromatic carbocycles. The number of aliphatic hydroxyl groups excluding tert-OH is 2. The van der Waals surface area contributed by atoms with Crippen molar-refractivity contribution in [2.75, 3.05) is 0 Å². The molecule has 1 aliphatic heterocycles. The first-order valence-corrected chi connectivity index (χ1v) is 10.9. The number of imide groups is 3. The molecule has 1 saturated heterocycles. The fourth-order valence-corrected chi connectivity index (χ4v) is 3.35. The molecule has 1 aliphatic rings. The highest BCUT2D eigenvalue weighted by atomic mass is 16.4. The van der Waals surface area contributed by atoms with E-state index in [1.165, 1.54) is 44.9 Å². The predicted octanol–water partition coefficient (Wildman–Crippen LogP) is 3.64. The summed E-state index contributed by atoms with van der Waals surface area (Å²) in [5.74, 6) is -2.67. The summed E-state index contributed by atoms with van der Waals surface area (Å²) < 4.78 is 0. The van der Waals surface area contributed by atoms with Crippen LogP contribution in [-0.2, 0) is 14.4 Å². The van der Waals surface area contributed by atoms with Gasteiger partial charge in [0.25, 0.3) is 11.8 Å². The van der Waals surface area contributed by atoms with Crippen molar-refractivity contribution in [1.29, 1.82) is 0 Å². The van der Waals surface area contributed by atoms with Crippen LogP contribution in [0.3, 0.4) is 0 Å². The summed E-state index contributed by atoms with van der Waals surface area (Å²) in [6, 6.07) is 0. The molecule has 1 heterocycles. The zero-order valence-electron chi connectivity index (χ0n) is 17.3. The van der Waals surface area contributed by atoms with Crippen LogP contribution >= 0.6 is 0 Å². The molecule has 0 bridgehead atoms. The molecule has 0 aromatic rings. The van der Waals surface area contributed by atoms with E-state index in [1.54, 1.807) is 0 Å². The Morgan fingerprint density at radius 3 is 1.71 bits per heavy atom. The third-order valence-corrected chi connectivity index (χ3v) is 5.15. The maximum atomic E-state index is 11.9. The van der Waals surface area contributed by atoms with Crippen LogP contribution in [0, 0.1) is 0 Å². The Labute approximate surface area is 169 Å². The number of nitrogens with zero attached hydrogens (tertiary/aromatic N) is 1. The molecule has 6 nitrogen and oxygen atoms in total. The molecule has 2 unspecified atom stereocenters. The molecule has 6 heteroatoms. The minimum Gasteiger partial charge on any atom is -0.380 e. The number of unbranched alkanes of at least 4 members (excludes halogenated alkanes) is 11. The highest BCUT2D eigenvalue weighted by molar-refractivity contribution is 6.18. The Hall–Kier alpha value is -1.53. The van der Waals surface area contributed by atoms with Crippen LogP contribution in [0.15, 0.2) is 12.2 Å². The summed E-state index contributed by atoms with van der Waals surface area (Å²) in [5, 5.41) is 18.7. The molecule has 2 N–H and O–H groups in total. The van der Waals surface area contributed by atoms with Crippen molar-refractivity contribution in [1.82, 2.24) is 4.90 Å². The van der Waals surface area contributed by atoms with Crippen molar-refractivity contribution in [3.8, 4) is 0 Å². The van der Waals surface area contributed by atoms with Gasteiger partial charge in [-0.1, -0.05) is 70.4 Å².